The van der Waals surface area contributed by atoms with Crippen LogP contribution in [0.4, 0.5) is 5.69 Å². The van der Waals surface area contributed by atoms with Gasteiger partial charge in [-0.1, -0.05) is 12.1 Å². The van der Waals surface area contributed by atoms with Crippen LogP contribution in [0.1, 0.15) is 25.8 Å². The molecule has 2 aliphatic heterocycles. The molecule has 0 aromatic heterocycles. The second-order valence-electron chi connectivity index (χ2n) is 6.90. The van der Waals surface area contributed by atoms with Gasteiger partial charge in [-0.05, 0) is 68.4 Å². The summed E-state index contributed by atoms with van der Waals surface area (Å²) in [5.41, 5.74) is 0.806. The second-order valence-corrected chi connectivity index (χ2v) is 7.96. The van der Waals surface area contributed by atoms with Crippen LogP contribution in [0.2, 0.25) is 0 Å². The van der Waals surface area contributed by atoms with Gasteiger partial charge in [0, 0.05) is 11.3 Å². The summed E-state index contributed by atoms with van der Waals surface area (Å²) < 4.78 is 13.6. The molecule has 5 nitrogen and oxygen atoms in total. The lowest BCUT2D eigenvalue weighted by Gasteiger charge is -2.24. The Labute approximate surface area is 170 Å². The zero-order valence-corrected chi connectivity index (χ0v) is 17.2. The van der Waals surface area contributed by atoms with Crippen LogP contribution in [0.15, 0.2) is 48.5 Å². The molecule has 0 radical (unpaired) electrons. The van der Waals surface area contributed by atoms with Gasteiger partial charge in [0.1, 0.15) is 5.75 Å². The normalized spacial score (nSPS) is 21.6. The maximum atomic E-state index is 11.8. The standard InChI is InChI=1S/C22H27N2O3S/c1-3-26-18-12-10-17(11-13-18)22(25)16-23(21-24(22)14-7-15-28-21)19-8-5-6-9-20(19)27-4-2/h5-6,8-13,25H,3-4,7,14-16H2,1-2H3/q+1/t22-/m0/s1. The minimum Gasteiger partial charge on any atom is -0.494 e. The molecule has 1 atom stereocenters. The maximum absolute atomic E-state index is 11.8. The highest BCUT2D eigenvalue weighted by atomic mass is 32.2. The van der Waals surface area contributed by atoms with Crippen molar-refractivity contribution in [3.05, 3.63) is 54.1 Å². The first-order valence-electron chi connectivity index (χ1n) is 9.90. The van der Waals surface area contributed by atoms with Gasteiger partial charge in [-0.15, -0.1) is 0 Å². The van der Waals surface area contributed by atoms with E-state index in [1.54, 1.807) is 11.8 Å². The number of aliphatic hydroxyl groups is 1. The molecule has 0 unspecified atom stereocenters. The van der Waals surface area contributed by atoms with Crippen molar-refractivity contribution in [3.63, 3.8) is 0 Å². The molecule has 4 rings (SSSR count). The molecule has 1 N–H and O–H groups in total. The Morgan fingerprint density at radius 3 is 2.57 bits per heavy atom. The highest BCUT2D eigenvalue weighted by molar-refractivity contribution is 8.13. The van der Waals surface area contributed by atoms with Gasteiger partial charge in [-0.2, -0.15) is 0 Å². The molecule has 2 aromatic rings. The first-order chi connectivity index (χ1) is 13.7. The van der Waals surface area contributed by atoms with Crippen molar-refractivity contribution < 1.29 is 19.2 Å². The molecule has 148 valence electrons. The molecule has 2 heterocycles. The first-order valence-corrected chi connectivity index (χ1v) is 10.9. The summed E-state index contributed by atoms with van der Waals surface area (Å²) in [6.07, 6.45) is 1.05. The van der Waals surface area contributed by atoms with Crippen LogP contribution in [-0.2, 0) is 5.72 Å². The molecular formula is C22H27N2O3S+. The van der Waals surface area contributed by atoms with Gasteiger partial charge in [0.05, 0.1) is 19.8 Å². The minimum absolute atomic E-state index is 0.466. The summed E-state index contributed by atoms with van der Waals surface area (Å²) in [5.74, 6) is 2.72. The van der Waals surface area contributed by atoms with E-state index in [1.807, 2.05) is 56.3 Å². The highest BCUT2D eigenvalue weighted by Crippen LogP contribution is 2.40. The number of nitrogens with zero attached hydrogens (tertiary/aromatic N) is 2. The van der Waals surface area contributed by atoms with E-state index in [4.69, 9.17) is 9.47 Å². The molecule has 0 bridgehead atoms. The van der Waals surface area contributed by atoms with Crippen molar-refractivity contribution >= 4 is 22.6 Å². The van der Waals surface area contributed by atoms with Crippen molar-refractivity contribution in [2.45, 2.75) is 26.0 Å². The Balaban J connectivity index is 1.74. The van der Waals surface area contributed by atoms with Gasteiger partial charge < -0.3 is 14.6 Å². The highest BCUT2D eigenvalue weighted by Gasteiger charge is 2.53. The monoisotopic (exact) mass is 399 g/mol. The maximum Gasteiger partial charge on any atom is 0.316 e. The average molecular weight is 400 g/mol. The number of amidine groups is 1. The summed E-state index contributed by atoms with van der Waals surface area (Å²) >= 11 is 1.80. The molecular weight excluding hydrogens is 372 g/mol. The molecule has 0 fully saturated rings. The van der Waals surface area contributed by atoms with E-state index in [-0.39, 0.29) is 0 Å². The zero-order chi connectivity index (χ0) is 19.6. The third-order valence-corrected chi connectivity index (χ3v) is 6.32. The van der Waals surface area contributed by atoms with E-state index in [1.165, 1.54) is 0 Å². The number of rotatable bonds is 6. The van der Waals surface area contributed by atoms with Gasteiger partial charge in [0.2, 0.25) is 0 Å². The van der Waals surface area contributed by atoms with Crippen molar-refractivity contribution in [2.24, 2.45) is 0 Å². The predicted octanol–water partition coefficient (Wildman–Crippen LogP) is 3.65. The van der Waals surface area contributed by atoms with Crippen LogP contribution in [0.3, 0.4) is 0 Å². The van der Waals surface area contributed by atoms with E-state index in [0.717, 1.165) is 46.6 Å². The molecule has 28 heavy (non-hydrogen) atoms. The van der Waals surface area contributed by atoms with Crippen LogP contribution in [-0.4, -0.2) is 46.9 Å². The fourth-order valence-corrected chi connectivity index (χ4v) is 5.05. The number of para-hydroxylation sites is 2. The van der Waals surface area contributed by atoms with Crippen molar-refractivity contribution in [2.75, 3.05) is 37.0 Å². The summed E-state index contributed by atoms with van der Waals surface area (Å²) in [5, 5.41) is 12.9. The lowest BCUT2D eigenvalue weighted by molar-refractivity contribution is -0.656. The van der Waals surface area contributed by atoms with Crippen LogP contribution in [0, 0.1) is 0 Å². The summed E-state index contributed by atoms with van der Waals surface area (Å²) in [7, 11) is 0. The van der Waals surface area contributed by atoms with E-state index in [2.05, 4.69) is 15.5 Å². The molecule has 0 spiro atoms. The number of benzene rings is 2. The van der Waals surface area contributed by atoms with E-state index in [9.17, 15) is 5.11 Å². The minimum atomic E-state index is -1.08. The van der Waals surface area contributed by atoms with Crippen molar-refractivity contribution in [1.29, 1.82) is 0 Å². The summed E-state index contributed by atoms with van der Waals surface area (Å²) in [4.78, 5) is 2.20. The van der Waals surface area contributed by atoms with Gasteiger partial charge in [-0.25, -0.2) is 9.48 Å². The Bertz CT molecular complexity index is 868. The number of hydrogen-bond donors (Lipinski definition) is 1. The fourth-order valence-electron chi connectivity index (χ4n) is 3.88. The number of β-amino-alcohol motifs (C(OH)–C–C–N with tert-alkyl or cyclic N) is 1. The quantitative estimate of drug-likeness (QED) is 0.751. The van der Waals surface area contributed by atoms with E-state index in [0.29, 0.717) is 19.8 Å². The molecule has 2 aliphatic rings. The molecule has 6 heteroatoms. The lowest BCUT2D eigenvalue weighted by atomic mass is 10.0. The number of thioether (sulfide) groups is 1. The number of anilines is 1. The Morgan fingerprint density at radius 2 is 1.82 bits per heavy atom. The van der Waals surface area contributed by atoms with Crippen molar-refractivity contribution in [1.82, 2.24) is 0 Å². The number of ether oxygens (including phenoxy) is 2. The predicted molar refractivity (Wildman–Crippen MR) is 114 cm³/mol. The SMILES string of the molecule is CCOc1ccc([C@@]2(O)CN(c3ccccc3OCC)C3=[N+]2CCCS3)cc1. The summed E-state index contributed by atoms with van der Waals surface area (Å²) in [6.45, 7) is 6.50. The smallest absolute Gasteiger partial charge is 0.316 e. The Kier molecular flexibility index (Phi) is 5.51. The molecule has 0 saturated heterocycles. The second kappa shape index (κ2) is 8.05. The Hall–Kier alpha value is -2.18. The average Bonchev–Trinajstić information content (AvgIpc) is 3.04. The molecule has 0 saturated carbocycles. The van der Waals surface area contributed by atoms with Crippen LogP contribution in [0.25, 0.3) is 0 Å². The van der Waals surface area contributed by atoms with Crippen LogP contribution >= 0.6 is 11.8 Å². The van der Waals surface area contributed by atoms with Crippen molar-refractivity contribution in [3.8, 4) is 11.5 Å². The van der Waals surface area contributed by atoms with Crippen LogP contribution < -0.4 is 14.4 Å². The molecule has 2 aromatic carbocycles. The molecule has 0 aliphatic carbocycles. The van der Waals surface area contributed by atoms with Gasteiger partial charge in [0.25, 0.3) is 5.72 Å². The largest absolute Gasteiger partial charge is 0.494 e. The lowest BCUT2D eigenvalue weighted by Crippen LogP contribution is -2.41. The third-order valence-electron chi connectivity index (χ3n) is 5.13. The number of hydrogen-bond acceptors (Lipinski definition) is 5. The van der Waals surface area contributed by atoms with Gasteiger partial charge >= 0.3 is 5.17 Å². The van der Waals surface area contributed by atoms with Crippen LogP contribution in [0.5, 0.6) is 11.5 Å². The topological polar surface area (TPSA) is 44.9 Å². The van der Waals surface area contributed by atoms with E-state index < -0.39 is 5.72 Å². The van der Waals surface area contributed by atoms with Gasteiger partial charge in [-0.3, -0.25) is 0 Å². The molecule has 0 amide bonds. The third kappa shape index (κ3) is 3.35. The Morgan fingerprint density at radius 1 is 1.07 bits per heavy atom. The van der Waals surface area contributed by atoms with Gasteiger partial charge in [0.15, 0.2) is 18.0 Å². The zero-order valence-electron chi connectivity index (χ0n) is 16.4. The van der Waals surface area contributed by atoms with E-state index >= 15 is 0 Å². The first kappa shape index (κ1) is 19.2. The summed E-state index contributed by atoms with van der Waals surface area (Å²) in [6, 6.07) is 15.9. The fraction of sp³-hybridized carbons (Fsp3) is 0.409.